The zero-order valence-electron chi connectivity index (χ0n) is 14.2. The maximum atomic E-state index is 11.8. The summed E-state index contributed by atoms with van der Waals surface area (Å²) >= 11 is 0. The first-order chi connectivity index (χ1) is 11.6. The van der Waals surface area contributed by atoms with Gasteiger partial charge in [-0.2, -0.15) is 0 Å². The second-order valence-corrected chi connectivity index (χ2v) is 7.27. The zero-order valence-corrected chi connectivity index (χ0v) is 14.2. The molecule has 0 bridgehead atoms. The van der Waals surface area contributed by atoms with Crippen molar-refractivity contribution in [1.29, 1.82) is 0 Å². The van der Waals surface area contributed by atoms with Gasteiger partial charge in [-0.1, -0.05) is 0 Å². The molecule has 3 rings (SSSR count). The maximum absolute atomic E-state index is 11.8. The first-order valence-electron chi connectivity index (χ1n) is 9.32. The molecular formula is C18H28O6. The molecule has 2 aliphatic carbocycles. The molecule has 0 aromatic heterocycles. The van der Waals surface area contributed by atoms with Crippen molar-refractivity contribution in [3.05, 3.63) is 0 Å². The Labute approximate surface area is 142 Å². The van der Waals surface area contributed by atoms with E-state index in [1.54, 1.807) is 0 Å². The van der Waals surface area contributed by atoms with E-state index in [9.17, 15) is 14.7 Å². The number of esters is 2. The van der Waals surface area contributed by atoms with Crippen molar-refractivity contribution in [2.75, 3.05) is 0 Å². The second kappa shape index (κ2) is 8.30. The van der Waals surface area contributed by atoms with Gasteiger partial charge in [-0.25, -0.2) is 0 Å². The molecule has 0 amide bonds. The normalized spacial score (nSPS) is 35.0. The highest BCUT2D eigenvalue weighted by Crippen LogP contribution is 2.37. The molecule has 6 nitrogen and oxygen atoms in total. The van der Waals surface area contributed by atoms with Crippen LogP contribution >= 0.6 is 0 Å². The number of ether oxygens (including phenoxy) is 3. The average Bonchev–Trinajstić information content (AvgIpc) is 3.32. The Bertz CT molecular complexity index is 443. The van der Waals surface area contributed by atoms with Crippen LogP contribution in [0.3, 0.4) is 0 Å². The highest BCUT2D eigenvalue weighted by molar-refractivity contribution is 5.70. The molecule has 0 spiro atoms. The molecule has 3 fully saturated rings. The molecule has 6 heteroatoms. The number of fused-ring (bicyclic) bond motifs is 1. The Morgan fingerprint density at radius 3 is 2.04 bits per heavy atom. The van der Waals surface area contributed by atoms with E-state index >= 15 is 0 Å². The number of hydrogen-bond acceptors (Lipinski definition) is 6. The summed E-state index contributed by atoms with van der Waals surface area (Å²) in [5.41, 5.74) is 0. The minimum atomic E-state index is -0.243. The fraction of sp³-hybridized carbons (Fsp3) is 0.889. The monoisotopic (exact) mass is 340 g/mol. The summed E-state index contributed by atoms with van der Waals surface area (Å²) in [5.74, 6) is -0.373. The van der Waals surface area contributed by atoms with Gasteiger partial charge >= 0.3 is 11.9 Å². The molecular weight excluding hydrogens is 312 g/mol. The molecule has 1 saturated heterocycles. The molecule has 3 aliphatic rings. The van der Waals surface area contributed by atoms with E-state index in [2.05, 4.69) is 0 Å². The molecule has 3 atom stereocenters. The van der Waals surface area contributed by atoms with Crippen molar-refractivity contribution in [2.24, 2.45) is 0 Å². The van der Waals surface area contributed by atoms with E-state index in [0.29, 0.717) is 50.7 Å². The fourth-order valence-electron chi connectivity index (χ4n) is 3.67. The molecule has 24 heavy (non-hydrogen) atoms. The Hall–Kier alpha value is -1.14. The quantitative estimate of drug-likeness (QED) is 0.435. The molecule has 1 N–H and O–H groups in total. The van der Waals surface area contributed by atoms with Gasteiger partial charge in [0.25, 0.3) is 0 Å². The van der Waals surface area contributed by atoms with Crippen LogP contribution in [0, 0.1) is 0 Å². The van der Waals surface area contributed by atoms with Gasteiger partial charge in [0.15, 0.2) is 0 Å². The van der Waals surface area contributed by atoms with Crippen LogP contribution in [0.4, 0.5) is 0 Å². The van der Waals surface area contributed by atoms with E-state index < -0.39 is 0 Å². The van der Waals surface area contributed by atoms with Crippen LogP contribution < -0.4 is 0 Å². The second-order valence-electron chi connectivity index (χ2n) is 7.27. The van der Waals surface area contributed by atoms with Crippen molar-refractivity contribution >= 4 is 11.9 Å². The fourth-order valence-corrected chi connectivity index (χ4v) is 3.67. The van der Waals surface area contributed by atoms with Crippen LogP contribution in [-0.4, -0.2) is 47.6 Å². The minimum Gasteiger partial charge on any atom is -0.462 e. The summed E-state index contributed by atoms with van der Waals surface area (Å²) in [6.07, 6.45) is 8.04. The lowest BCUT2D eigenvalue weighted by Crippen LogP contribution is -2.26. The summed E-state index contributed by atoms with van der Waals surface area (Å²) in [6.45, 7) is 0. The maximum Gasteiger partial charge on any atom is 0.306 e. The predicted octanol–water partition coefficient (Wildman–Crippen LogP) is 2.26. The number of aliphatic hydroxyl groups is 1. The van der Waals surface area contributed by atoms with Gasteiger partial charge in [0.05, 0.1) is 18.3 Å². The molecule has 136 valence electrons. The number of aliphatic hydroxyl groups excluding tert-OH is 1. The van der Waals surface area contributed by atoms with Crippen molar-refractivity contribution in [2.45, 2.75) is 101 Å². The van der Waals surface area contributed by atoms with E-state index in [1.165, 1.54) is 0 Å². The van der Waals surface area contributed by atoms with Crippen LogP contribution in [0.15, 0.2) is 0 Å². The molecule has 0 radical (unpaired) electrons. The van der Waals surface area contributed by atoms with E-state index in [-0.39, 0.29) is 30.3 Å². The van der Waals surface area contributed by atoms with Gasteiger partial charge in [0, 0.05) is 19.3 Å². The van der Waals surface area contributed by atoms with Gasteiger partial charge in [-0.05, 0) is 51.4 Å². The lowest BCUT2D eigenvalue weighted by atomic mass is 9.95. The smallest absolute Gasteiger partial charge is 0.306 e. The van der Waals surface area contributed by atoms with E-state index in [0.717, 1.165) is 32.1 Å². The first-order valence-corrected chi connectivity index (χ1v) is 9.32. The van der Waals surface area contributed by atoms with Crippen LogP contribution in [0.25, 0.3) is 0 Å². The van der Waals surface area contributed by atoms with Crippen molar-refractivity contribution in [1.82, 2.24) is 0 Å². The Kier molecular flexibility index (Phi) is 6.11. The highest BCUT2D eigenvalue weighted by Gasteiger charge is 2.44. The number of rotatable bonds is 7. The number of epoxide rings is 1. The summed E-state index contributed by atoms with van der Waals surface area (Å²) in [4.78, 5) is 23.6. The van der Waals surface area contributed by atoms with Gasteiger partial charge in [0.1, 0.15) is 12.2 Å². The minimum absolute atomic E-state index is 0.00728. The van der Waals surface area contributed by atoms with Gasteiger partial charge < -0.3 is 19.3 Å². The average molecular weight is 340 g/mol. The number of hydrogen-bond donors (Lipinski definition) is 1. The third kappa shape index (κ3) is 5.45. The van der Waals surface area contributed by atoms with E-state index in [4.69, 9.17) is 14.2 Å². The van der Waals surface area contributed by atoms with Crippen molar-refractivity contribution in [3.8, 4) is 0 Å². The lowest BCUT2D eigenvalue weighted by molar-refractivity contribution is -0.153. The van der Waals surface area contributed by atoms with Gasteiger partial charge in [-0.3, -0.25) is 9.59 Å². The Balaban J connectivity index is 1.21. The number of carbonyl (C=O) groups is 2. The van der Waals surface area contributed by atoms with Crippen molar-refractivity contribution < 1.29 is 28.9 Å². The Morgan fingerprint density at radius 1 is 0.833 bits per heavy atom. The summed E-state index contributed by atoms with van der Waals surface area (Å²) < 4.78 is 16.3. The largest absolute Gasteiger partial charge is 0.462 e. The first kappa shape index (κ1) is 17.7. The van der Waals surface area contributed by atoms with Crippen LogP contribution in [0.2, 0.25) is 0 Å². The molecule has 0 aromatic rings. The topological polar surface area (TPSA) is 85.4 Å². The lowest BCUT2D eigenvalue weighted by Gasteiger charge is -2.25. The molecule has 1 aliphatic heterocycles. The third-order valence-electron chi connectivity index (χ3n) is 5.21. The third-order valence-corrected chi connectivity index (χ3v) is 5.21. The molecule has 2 saturated carbocycles. The molecule has 1 heterocycles. The molecule has 3 unspecified atom stereocenters. The Morgan fingerprint density at radius 2 is 1.42 bits per heavy atom. The van der Waals surface area contributed by atoms with Crippen molar-refractivity contribution in [3.63, 3.8) is 0 Å². The summed E-state index contributed by atoms with van der Waals surface area (Å²) in [5, 5.41) is 9.43. The van der Waals surface area contributed by atoms with Gasteiger partial charge in [0.2, 0.25) is 0 Å². The molecule has 0 aromatic carbocycles. The van der Waals surface area contributed by atoms with Crippen LogP contribution in [0.5, 0.6) is 0 Å². The predicted molar refractivity (Wildman–Crippen MR) is 85.2 cm³/mol. The van der Waals surface area contributed by atoms with Crippen LogP contribution in [-0.2, 0) is 23.8 Å². The van der Waals surface area contributed by atoms with Gasteiger partial charge in [-0.15, -0.1) is 0 Å². The SMILES string of the molecule is O=C(CCCCC(=O)OC1CCC2OC2C1)OC1CCC(O)CC1. The number of unbranched alkanes of at least 4 members (excludes halogenated alkanes) is 1. The van der Waals surface area contributed by atoms with E-state index in [1.807, 2.05) is 0 Å². The summed E-state index contributed by atoms with van der Waals surface area (Å²) in [7, 11) is 0. The standard InChI is InChI=1S/C18H28O6/c19-12-5-7-13(8-6-12)22-17(20)3-1-2-4-18(21)23-14-9-10-15-16(11-14)24-15/h12-16,19H,1-11H2. The zero-order chi connectivity index (χ0) is 16.9. The summed E-state index contributed by atoms with van der Waals surface area (Å²) in [6, 6.07) is 0. The number of carbonyl (C=O) groups excluding carboxylic acids is 2. The van der Waals surface area contributed by atoms with Crippen LogP contribution in [0.1, 0.15) is 70.6 Å². The highest BCUT2D eigenvalue weighted by atomic mass is 16.6.